The summed E-state index contributed by atoms with van der Waals surface area (Å²) in [5.74, 6) is 0.0619. The maximum atomic E-state index is 11.4. The minimum absolute atomic E-state index is 0.0619. The number of nitrogens with one attached hydrogen (secondary N) is 2. The number of hydrogen-bond donors (Lipinski definition) is 2. The molecule has 0 saturated heterocycles. The lowest BCUT2D eigenvalue weighted by molar-refractivity contribution is -0.122. The fraction of sp³-hybridized carbons (Fsp3) is 0.917. The Labute approximate surface area is 98.8 Å². The molecule has 0 spiro atoms. The van der Waals surface area contributed by atoms with Crippen LogP contribution in [0, 0.1) is 0 Å². The van der Waals surface area contributed by atoms with E-state index in [2.05, 4.69) is 29.6 Å². The van der Waals surface area contributed by atoms with Gasteiger partial charge in [0.25, 0.3) is 0 Å². The monoisotopic (exact) mass is 227 g/mol. The zero-order valence-electron chi connectivity index (χ0n) is 11.0. The van der Waals surface area contributed by atoms with E-state index in [1.54, 1.807) is 7.05 Å². The molecule has 1 rings (SSSR count). The van der Waals surface area contributed by atoms with Crippen LogP contribution in [0.3, 0.4) is 0 Å². The van der Waals surface area contributed by atoms with Crippen molar-refractivity contribution in [3.8, 4) is 0 Å². The van der Waals surface area contributed by atoms with E-state index in [0.29, 0.717) is 0 Å². The third-order valence-corrected chi connectivity index (χ3v) is 3.86. The normalized spacial score (nSPS) is 21.1. The predicted octanol–water partition coefficient (Wildman–Crippen LogP) is 0.585. The average molecular weight is 227 g/mol. The largest absolute Gasteiger partial charge is 0.358 e. The molecule has 1 aliphatic rings. The minimum Gasteiger partial charge on any atom is -0.358 e. The van der Waals surface area contributed by atoms with Gasteiger partial charge in [0.05, 0.1) is 6.04 Å². The van der Waals surface area contributed by atoms with Gasteiger partial charge in [-0.2, -0.15) is 0 Å². The molecular weight excluding hydrogens is 202 g/mol. The lowest BCUT2D eigenvalue weighted by atomic mass is 9.95. The van der Waals surface area contributed by atoms with Crippen molar-refractivity contribution in [3.05, 3.63) is 0 Å². The van der Waals surface area contributed by atoms with E-state index in [9.17, 15) is 4.79 Å². The first kappa shape index (κ1) is 13.5. The molecule has 94 valence electrons. The quantitative estimate of drug-likeness (QED) is 0.722. The van der Waals surface area contributed by atoms with Crippen molar-refractivity contribution < 1.29 is 4.79 Å². The van der Waals surface area contributed by atoms with Crippen LogP contribution in [0.1, 0.15) is 32.6 Å². The Hall–Kier alpha value is -0.610. The van der Waals surface area contributed by atoms with Gasteiger partial charge in [-0.3, -0.25) is 4.79 Å². The summed E-state index contributed by atoms with van der Waals surface area (Å²) in [4.78, 5) is 13.7. The van der Waals surface area contributed by atoms with Crippen LogP contribution in [0.2, 0.25) is 0 Å². The van der Waals surface area contributed by atoms with Crippen molar-refractivity contribution in [2.24, 2.45) is 0 Å². The summed E-state index contributed by atoms with van der Waals surface area (Å²) in [5.41, 5.74) is 0.252. The van der Waals surface area contributed by atoms with E-state index in [1.165, 1.54) is 25.7 Å². The number of carbonyl (C=O) groups excluding carboxylic acids is 1. The van der Waals surface area contributed by atoms with Crippen LogP contribution in [-0.2, 0) is 4.79 Å². The Morgan fingerprint density at radius 2 is 1.94 bits per heavy atom. The van der Waals surface area contributed by atoms with Gasteiger partial charge in [-0.15, -0.1) is 0 Å². The van der Waals surface area contributed by atoms with Gasteiger partial charge in [0.1, 0.15) is 0 Å². The second-order valence-corrected chi connectivity index (χ2v) is 5.04. The minimum atomic E-state index is -0.109. The van der Waals surface area contributed by atoms with E-state index in [1.807, 2.05) is 6.92 Å². The second-order valence-electron chi connectivity index (χ2n) is 5.04. The molecule has 0 aromatic rings. The molecule has 0 aromatic heterocycles. The van der Waals surface area contributed by atoms with E-state index in [0.717, 1.165) is 6.54 Å². The molecule has 1 fully saturated rings. The summed E-state index contributed by atoms with van der Waals surface area (Å²) in [6, 6.07) is -0.109. The number of amides is 1. The zero-order chi connectivity index (χ0) is 12.2. The van der Waals surface area contributed by atoms with Crippen molar-refractivity contribution in [2.75, 3.05) is 27.7 Å². The fourth-order valence-electron chi connectivity index (χ4n) is 2.47. The molecule has 0 radical (unpaired) electrons. The number of rotatable bonds is 5. The third-order valence-electron chi connectivity index (χ3n) is 3.86. The molecule has 2 N–H and O–H groups in total. The molecule has 0 bridgehead atoms. The van der Waals surface area contributed by atoms with Gasteiger partial charge in [-0.25, -0.2) is 0 Å². The number of carbonyl (C=O) groups is 1. The van der Waals surface area contributed by atoms with Crippen LogP contribution >= 0.6 is 0 Å². The van der Waals surface area contributed by atoms with Crippen LogP contribution in [0.5, 0.6) is 0 Å². The van der Waals surface area contributed by atoms with Gasteiger partial charge in [0, 0.05) is 19.1 Å². The maximum Gasteiger partial charge on any atom is 0.236 e. The van der Waals surface area contributed by atoms with Crippen molar-refractivity contribution in [3.63, 3.8) is 0 Å². The summed E-state index contributed by atoms with van der Waals surface area (Å²) in [6.45, 7) is 2.81. The van der Waals surface area contributed by atoms with Crippen LogP contribution in [-0.4, -0.2) is 50.1 Å². The van der Waals surface area contributed by atoms with Crippen molar-refractivity contribution in [1.29, 1.82) is 0 Å². The molecule has 4 nitrogen and oxygen atoms in total. The number of likely N-dealkylation sites (N-methyl/N-ethyl adjacent to an activating group) is 2. The Bertz CT molecular complexity index is 234. The fourth-order valence-corrected chi connectivity index (χ4v) is 2.47. The molecule has 0 heterocycles. The molecule has 1 saturated carbocycles. The summed E-state index contributed by atoms with van der Waals surface area (Å²) >= 11 is 0. The van der Waals surface area contributed by atoms with Crippen LogP contribution in [0.25, 0.3) is 0 Å². The van der Waals surface area contributed by atoms with Crippen molar-refractivity contribution in [2.45, 2.75) is 44.2 Å². The number of hydrogen-bond acceptors (Lipinski definition) is 3. The maximum absolute atomic E-state index is 11.4. The highest BCUT2D eigenvalue weighted by atomic mass is 16.2. The summed E-state index contributed by atoms with van der Waals surface area (Å²) in [6.07, 6.45) is 5.06. The van der Waals surface area contributed by atoms with Gasteiger partial charge in [-0.1, -0.05) is 12.8 Å². The Morgan fingerprint density at radius 3 is 2.38 bits per heavy atom. The molecule has 0 aromatic carbocycles. The van der Waals surface area contributed by atoms with Crippen molar-refractivity contribution >= 4 is 5.91 Å². The molecule has 1 unspecified atom stereocenters. The number of nitrogens with zero attached hydrogens (tertiary/aromatic N) is 1. The summed E-state index contributed by atoms with van der Waals surface area (Å²) in [7, 11) is 5.95. The molecule has 1 atom stereocenters. The lowest BCUT2D eigenvalue weighted by Gasteiger charge is -2.37. The van der Waals surface area contributed by atoms with E-state index < -0.39 is 0 Å². The smallest absolute Gasteiger partial charge is 0.236 e. The molecule has 0 aliphatic heterocycles. The van der Waals surface area contributed by atoms with Gasteiger partial charge >= 0.3 is 0 Å². The summed E-state index contributed by atoms with van der Waals surface area (Å²) < 4.78 is 0. The van der Waals surface area contributed by atoms with E-state index in [-0.39, 0.29) is 17.5 Å². The zero-order valence-corrected chi connectivity index (χ0v) is 11.0. The van der Waals surface area contributed by atoms with Crippen molar-refractivity contribution in [1.82, 2.24) is 15.5 Å². The van der Waals surface area contributed by atoms with Crippen LogP contribution < -0.4 is 10.6 Å². The topological polar surface area (TPSA) is 44.4 Å². The highest BCUT2D eigenvalue weighted by Crippen LogP contribution is 2.33. The Kier molecular flexibility index (Phi) is 4.74. The lowest BCUT2D eigenvalue weighted by Crippen LogP contribution is -2.53. The van der Waals surface area contributed by atoms with Crippen LogP contribution in [0.4, 0.5) is 0 Å². The predicted molar refractivity (Wildman–Crippen MR) is 66.4 cm³/mol. The molecule has 16 heavy (non-hydrogen) atoms. The highest BCUT2D eigenvalue weighted by molar-refractivity contribution is 5.80. The highest BCUT2D eigenvalue weighted by Gasteiger charge is 2.36. The van der Waals surface area contributed by atoms with Gasteiger partial charge in [-0.05, 0) is 33.9 Å². The average Bonchev–Trinajstić information content (AvgIpc) is 2.74. The second kappa shape index (κ2) is 5.64. The molecular formula is C12H25N3O. The Balaban J connectivity index is 2.48. The molecule has 1 amide bonds. The van der Waals surface area contributed by atoms with Gasteiger partial charge < -0.3 is 15.5 Å². The van der Waals surface area contributed by atoms with E-state index >= 15 is 0 Å². The summed E-state index contributed by atoms with van der Waals surface area (Å²) in [5, 5.41) is 6.01. The Morgan fingerprint density at radius 1 is 1.38 bits per heavy atom. The standard InChI is InChI=1S/C12H25N3O/c1-10(11(16)13-2)14-9-12(15(3)4)7-5-6-8-12/h10,14H,5-9H2,1-4H3,(H,13,16). The van der Waals surface area contributed by atoms with Gasteiger partial charge in [0.2, 0.25) is 5.91 Å². The first-order valence-corrected chi connectivity index (χ1v) is 6.14. The third kappa shape index (κ3) is 2.95. The van der Waals surface area contributed by atoms with Gasteiger partial charge in [0.15, 0.2) is 0 Å². The molecule has 4 heteroatoms. The molecule has 1 aliphatic carbocycles. The SMILES string of the molecule is CNC(=O)C(C)NCC1(N(C)C)CCCC1. The van der Waals surface area contributed by atoms with Crippen LogP contribution in [0.15, 0.2) is 0 Å². The first-order chi connectivity index (χ1) is 7.52. The first-order valence-electron chi connectivity index (χ1n) is 6.14. The van der Waals surface area contributed by atoms with E-state index in [4.69, 9.17) is 0 Å².